The largest absolute Gasteiger partial charge is 0.497 e. The van der Waals surface area contributed by atoms with Crippen LogP contribution in [0.1, 0.15) is 59.8 Å². The van der Waals surface area contributed by atoms with Crippen molar-refractivity contribution in [2.75, 3.05) is 66.7 Å². The molecule has 2 aliphatic carbocycles. The number of ether oxygens (including phenoxy) is 4. The number of likely N-dealkylation sites (tertiary alicyclic amines) is 2. The summed E-state index contributed by atoms with van der Waals surface area (Å²) in [7, 11) is 3.38. The van der Waals surface area contributed by atoms with Gasteiger partial charge in [0.25, 0.3) is 0 Å². The van der Waals surface area contributed by atoms with Gasteiger partial charge in [0.15, 0.2) is 5.78 Å². The lowest BCUT2D eigenvalue weighted by Crippen LogP contribution is -2.32. The zero-order valence-corrected chi connectivity index (χ0v) is 38.2. The number of methoxy groups -OCH3 is 2. The number of hydrogen-bond donors (Lipinski definition) is 0. The number of nitrogens with zero attached hydrogens (tertiary/aromatic N) is 2. The molecule has 2 aliphatic heterocycles. The monoisotopic (exact) mass is 876 g/mol. The lowest BCUT2D eigenvalue weighted by Gasteiger charge is -2.36. The zero-order chi connectivity index (χ0) is 44.8. The molecule has 2 heterocycles. The summed E-state index contributed by atoms with van der Waals surface area (Å²) in [6.07, 6.45) is 12.7. The molecule has 2 saturated heterocycles. The summed E-state index contributed by atoms with van der Waals surface area (Å²) in [5.41, 5.74) is 7.33. The Morgan fingerprint density at radius 3 is 1.30 bits per heavy atom. The molecular formula is C59H60N2O5. The Morgan fingerprint density at radius 2 is 0.894 bits per heavy atom. The van der Waals surface area contributed by atoms with Gasteiger partial charge < -0.3 is 28.7 Å². The fourth-order valence-corrected chi connectivity index (χ4v) is 10.9. The van der Waals surface area contributed by atoms with E-state index in [2.05, 4.69) is 131 Å². The maximum atomic E-state index is 16.3. The Labute approximate surface area is 389 Å². The van der Waals surface area contributed by atoms with Crippen LogP contribution in [0.2, 0.25) is 0 Å². The van der Waals surface area contributed by atoms with Crippen LogP contribution in [-0.2, 0) is 14.3 Å². The summed E-state index contributed by atoms with van der Waals surface area (Å²) < 4.78 is 25.3. The maximum absolute atomic E-state index is 16.3. The Kier molecular flexibility index (Phi) is 13.4. The fraction of sp³-hybridized carbons (Fsp3) is 0.305. The van der Waals surface area contributed by atoms with Crippen LogP contribution in [0.4, 0.5) is 0 Å². The van der Waals surface area contributed by atoms with Crippen LogP contribution < -0.4 is 9.47 Å². The lowest BCUT2D eigenvalue weighted by atomic mass is 9.71. The summed E-state index contributed by atoms with van der Waals surface area (Å²) in [4.78, 5) is 21.3. The van der Waals surface area contributed by atoms with Gasteiger partial charge in [-0.3, -0.25) is 4.79 Å². The van der Waals surface area contributed by atoms with E-state index in [9.17, 15) is 0 Å². The van der Waals surface area contributed by atoms with Crippen molar-refractivity contribution >= 4 is 38.5 Å². The van der Waals surface area contributed by atoms with Crippen LogP contribution in [0.25, 0.3) is 32.7 Å². The van der Waals surface area contributed by atoms with Gasteiger partial charge in [-0.15, -0.1) is 0 Å². The topological polar surface area (TPSA) is 60.5 Å². The van der Waals surface area contributed by atoms with Crippen LogP contribution in [0.5, 0.6) is 11.5 Å². The third-order valence-corrected chi connectivity index (χ3v) is 14.2. The van der Waals surface area contributed by atoms with E-state index >= 15 is 4.79 Å². The number of ketones is 1. The lowest BCUT2D eigenvalue weighted by molar-refractivity contribution is -0.111. The highest BCUT2D eigenvalue weighted by Crippen LogP contribution is 2.49. The second kappa shape index (κ2) is 20.2. The summed E-state index contributed by atoms with van der Waals surface area (Å²) >= 11 is 0. The van der Waals surface area contributed by atoms with Gasteiger partial charge in [0.1, 0.15) is 11.5 Å². The number of allylic oxidation sites excluding steroid dienone is 4. The zero-order valence-electron chi connectivity index (χ0n) is 38.2. The molecule has 0 radical (unpaired) electrons. The highest BCUT2D eigenvalue weighted by molar-refractivity contribution is 6.21. The number of benzene rings is 6. The van der Waals surface area contributed by atoms with E-state index in [1.54, 1.807) is 14.2 Å². The molecule has 0 N–H and O–H groups in total. The molecule has 4 atom stereocenters. The van der Waals surface area contributed by atoms with Gasteiger partial charge in [-0.2, -0.15) is 0 Å². The molecule has 66 heavy (non-hydrogen) atoms. The molecule has 6 aromatic carbocycles. The highest BCUT2D eigenvalue weighted by Gasteiger charge is 2.39. The molecule has 0 amide bonds. The quantitative estimate of drug-likeness (QED) is 0.0960. The normalized spacial score (nSPS) is 21.4. The molecule has 0 spiro atoms. The third kappa shape index (κ3) is 9.06. The third-order valence-electron chi connectivity index (χ3n) is 14.2. The minimum absolute atomic E-state index is 0.0411. The Bertz CT molecular complexity index is 2590. The van der Waals surface area contributed by atoms with E-state index in [4.69, 9.17) is 18.9 Å². The number of carbonyl (C=O) groups is 1. The van der Waals surface area contributed by atoms with E-state index in [1.807, 2.05) is 36.4 Å². The molecule has 0 bridgehead atoms. The van der Waals surface area contributed by atoms with Gasteiger partial charge in [0, 0.05) is 36.1 Å². The summed E-state index contributed by atoms with van der Waals surface area (Å²) in [6, 6.07) is 46.5. The predicted molar refractivity (Wildman–Crippen MR) is 267 cm³/mol. The molecule has 10 rings (SSSR count). The van der Waals surface area contributed by atoms with Crippen molar-refractivity contribution in [2.45, 2.75) is 49.7 Å². The molecule has 2 fully saturated rings. The minimum atomic E-state index is -0.319. The molecule has 0 aromatic heterocycles. The van der Waals surface area contributed by atoms with Crippen LogP contribution in [0.15, 0.2) is 169 Å². The van der Waals surface area contributed by atoms with Crippen LogP contribution in [0, 0.1) is 0 Å². The first-order valence-corrected chi connectivity index (χ1v) is 23.9. The number of carbonyl (C=O) groups excluding carboxylic acids is 1. The standard InChI is InChI=1S/C59H60N2O5/c1-63-45-25-21-43(22-26-45)55-51(29-31-53(65-39-37-60-33-7-8-34-60)57(55)49-19-11-15-41-13-3-5-17-47(41)49)59(62)52-30-32-54(66-40-38-61-35-9-10-36-61)58(56(52)44-23-27-46(64-2)28-24-44)50-20-12-16-42-14-4-6-18-48(42)50/h3-6,11-32,53-54,57-58H,7-10,33-40H2,1-2H3. The van der Waals surface area contributed by atoms with E-state index in [1.165, 1.54) is 25.7 Å². The van der Waals surface area contributed by atoms with Gasteiger partial charge in [0.2, 0.25) is 0 Å². The smallest absolute Gasteiger partial charge is 0.193 e. The summed E-state index contributed by atoms with van der Waals surface area (Å²) in [5.74, 6) is 0.889. The van der Waals surface area contributed by atoms with Crippen LogP contribution in [-0.4, -0.2) is 94.5 Å². The molecule has 4 aliphatic rings. The van der Waals surface area contributed by atoms with Crippen molar-refractivity contribution in [3.8, 4) is 11.5 Å². The number of Topliss-reactive ketones (excluding diaryl/α,β-unsaturated/α-hetero) is 1. The molecule has 7 heteroatoms. The van der Waals surface area contributed by atoms with Crippen molar-refractivity contribution in [1.82, 2.24) is 9.80 Å². The average Bonchev–Trinajstić information content (AvgIpc) is 4.11. The average molecular weight is 877 g/mol. The van der Waals surface area contributed by atoms with Gasteiger partial charge in [-0.05, 0) is 131 Å². The summed E-state index contributed by atoms with van der Waals surface area (Å²) in [6.45, 7) is 7.36. The number of rotatable bonds is 16. The van der Waals surface area contributed by atoms with E-state index in [0.29, 0.717) is 24.4 Å². The first-order chi connectivity index (χ1) is 32.6. The Balaban J connectivity index is 1.17. The molecule has 0 saturated carbocycles. The Hall–Kier alpha value is -6.09. The molecule has 336 valence electrons. The van der Waals surface area contributed by atoms with Gasteiger partial charge in [0.05, 0.1) is 39.6 Å². The first kappa shape index (κ1) is 43.8. The van der Waals surface area contributed by atoms with Crippen molar-refractivity contribution in [1.29, 1.82) is 0 Å². The maximum Gasteiger partial charge on any atom is 0.193 e. The van der Waals surface area contributed by atoms with Gasteiger partial charge in [-0.1, -0.05) is 133 Å². The fourth-order valence-electron chi connectivity index (χ4n) is 10.9. The second-order valence-electron chi connectivity index (χ2n) is 18.0. The molecular weight excluding hydrogens is 817 g/mol. The predicted octanol–water partition coefficient (Wildman–Crippen LogP) is 11.5. The molecule has 6 aromatic rings. The van der Waals surface area contributed by atoms with Gasteiger partial charge >= 0.3 is 0 Å². The van der Waals surface area contributed by atoms with Gasteiger partial charge in [-0.25, -0.2) is 0 Å². The first-order valence-electron chi connectivity index (χ1n) is 23.9. The van der Waals surface area contributed by atoms with Crippen LogP contribution in [0.3, 0.4) is 0 Å². The SMILES string of the molecule is COc1ccc(C2=C(C(=O)C3=C(c4ccc(OC)cc4)C(c4cccc5ccccc45)C(OCCN4CCCC4)C=C3)C=CC(OCCN3CCCC3)C2c2cccc3ccccc23)cc1. The van der Waals surface area contributed by atoms with Crippen LogP contribution >= 0.6 is 0 Å². The van der Waals surface area contributed by atoms with Crippen molar-refractivity contribution in [3.05, 3.63) is 191 Å². The molecule has 7 nitrogen and oxygen atoms in total. The molecule has 4 unspecified atom stereocenters. The van der Waals surface area contributed by atoms with Crippen molar-refractivity contribution < 1.29 is 23.7 Å². The van der Waals surface area contributed by atoms with E-state index < -0.39 is 0 Å². The van der Waals surface area contributed by atoms with Crippen molar-refractivity contribution in [3.63, 3.8) is 0 Å². The number of hydrogen-bond acceptors (Lipinski definition) is 7. The Morgan fingerprint density at radius 1 is 0.500 bits per heavy atom. The van der Waals surface area contributed by atoms with E-state index in [0.717, 1.165) is 106 Å². The minimum Gasteiger partial charge on any atom is -0.497 e. The van der Waals surface area contributed by atoms with Crippen molar-refractivity contribution in [2.24, 2.45) is 0 Å². The summed E-state index contributed by atoms with van der Waals surface area (Å²) in [5, 5.41) is 4.59. The number of fused-ring (bicyclic) bond motifs is 2. The van der Waals surface area contributed by atoms with E-state index in [-0.39, 0.29) is 29.8 Å². The second-order valence-corrected chi connectivity index (χ2v) is 18.0. The highest BCUT2D eigenvalue weighted by atomic mass is 16.5.